The van der Waals surface area contributed by atoms with Gasteiger partial charge in [-0.2, -0.15) is 0 Å². The second-order valence-corrected chi connectivity index (χ2v) is 7.22. The quantitative estimate of drug-likeness (QED) is 0.591. The average Bonchev–Trinajstić information content (AvgIpc) is 2.56. The molecule has 1 aromatic carbocycles. The number of benzene rings is 1. The molecule has 3 amide bonds. The van der Waals surface area contributed by atoms with Crippen molar-refractivity contribution in [3.8, 4) is 0 Å². The Labute approximate surface area is 155 Å². The van der Waals surface area contributed by atoms with Crippen molar-refractivity contribution in [2.75, 3.05) is 18.1 Å². The maximum Gasteiger partial charge on any atom is 0.234 e. The summed E-state index contributed by atoms with van der Waals surface area (Å²) in [7, 11) is 1.55. The molecule has 2 atom stereocenters. The lowest BCUT2D eigenvalue weighted by Gasteiger charge is -2.30. The van der Waals surface area contributed by atoms with Gasteiger partial charge in [-0.15, -0.1) is 11.8 Å². The number of rotatable bonds is 6. The van der Waals surface area contributed by atoms with Crippen LogP contribution in [0.25, 0.3) is 0 Å². The molecule has 1 fully saturated rings. The van der Waals surface area contributed by atoms with E-state index < -0.39 is 5.50 Å². The Bertz CT molecular complexity index is 671. The zero-order valence-electron chi connectivity index (χ0n) is 14.0. The lowest BCUT2D eigenvalue weighted by molar-refractivity contribution is -0.125. The van der Waals surface area contributed by atoms with E-state index in [0.717, 1.165) is 5.56 Å². The van der Waals surface area contributed by atoms with Gasteiger partial charge in [-0.25, -0.2) is 0 Å². The van der Waals surface area contributed by atoms with Crippen molar-refractivity contribution >= 4 is 46.8 Å². The van der Waals surface area contributed by atoms with Gasteiger partial charge in [0, 0.05) is 36.6 Å². The van der Waals surface area contributed by atoms with Gasteiger partial charge in [-0.1, -0.05) is 17.7 Å². The minimum absolute atomic E-state index is 0.134. The predicted molar refractivity (Wildman–Crippen MR) is 99.4 cm³/mol. The van der Waals surface area contributed by atoms with Gasteiger partial charge in [-0.05, 0) is 24.6 Å². The molecule has 2 unspecified atom stereocenters. The number of anilines is 1. The molecular weight excluding hydrogens is 364 g/mol. The standard InChI is InChI=1S/C16H21ClN4O3S/c1-9-3-4-10(5-12(9)17)19-15(24)8-25-16-20-11(6-13(22)18-2)7-14(23)21-16/h3-5,11,16,20H,6-8H2,1-2H3,(H,18,22)(H,19,24)(H,21,23). The van der Waals surface area contributed by atoms with E-state index in [-0.39, 0.29) is 42.4 Å². The molecule has 9 heteroatoms. The van der Waals surface area contributed by atoms with E-state index in [2.05, 4.69) is 21.3 Å². The lowest BCUT2D eigenvalue weighted by Crippen LogP contribution is -2.55. The van der Waals surface area contributed by atoms with Crippen molar-refractivity contribution in [2.45, 2.75) is 31.3 Å². The van der Waals surface area contributed by atoms with Gasteiger partial charge in [0.25, 0.3) is 0 Å². The number of hydrogen-bond acceptors (Lipinski definition) is 5. The fraction of sp³-hybridized carbons (Fsp3) is 0.438. The molecule has 1 aliphatic rings. The molecule has 136 valence electrons. The Morgan fingerprint density at radius 2 is 2.12 bits per heavy atom. The van der Waals surface area contributed by atoms with Gasteiger partial charge >= 0.3 is 0 Å². The Morgan fingerprint density at radius 1 is 1.36 bits per heavy atom. The molecule has 1 aromatic rings. The van der Waals surface area contributed by atoms with Crippen LogP contribution in [0.2, 0.25) is 5.02 Å². The van der Waals surface area contributed by atoms with Gasteiger partial charge in [0.15, 0.2) is 0 Å². The first-order chi connectivity index (χ1) is 11.9. The molecular formula is C16H21ClN4O3S. The molecule has 25 heavy (non-hydrogen) atoms. The number of carbonyl (C=O) groups excluding carboxylic acids is 3. The molecule has 1 saturated heterocycles. The van der Waals surface area contributed by atoms with Crippen molar-refractivity contribution in [3.05, 3.63) is 28.8 Å². The van der Waals surface area contributed by atoms with Gasteiger partial charge < -0.3 is 16.0 Å². The van der Waals surface area contributed by atoms with Crippen molar-refractivity contribution in [2.24, 2.45) is 0 Å². The second kappa shape index (κ2) is 9.07. The van der Waals surface area contributed by atoms with Gasteiger partial charge in [-0.3, -0.25) is 19.7 Å². The Hall–Kier alpha value is -1.77. The third kappa shape index (κ3) is 6.22. The summed E-state index contributed by atoms with van der Waals surface area (Å²) < 4.78 is 0. The summed E-state index contributed by atoms with van der Waals surface area (Å²) in [5.74, 6) is -0.328. The van der Waals surface area contributed by atoms with Crippen LogP contribution in [0.1, 0.15) is 18.4 Å². The molecule has 0 saturated carbocycles. The zero-order chi connectivity index (χ0) is 18.4. The monoisotopic (exact) mass is 384 g/mol. The van der Waals surface area contributed by atoms with Crippen LogP contribution in [0.5, 0.6) is 0 Å². The van der Waals surface area contributed by atoms with E-state index >= 15 is 0 Å². The van der Waals surface area contributed by atoms with Crippen LogP contribution in [0, 0.1) is 6.92 Å². The van der Waals surface area contributed by atoms with Crippen molar-refractivity contribution in [1.29, 1.82) is 0 Å². The van der Waals surface area contributed by atoms with Crippen LogP contribution in [0.15, 0.2) is 18.2 Å². The molecule has 0 radical (unpaired) electrons. The zero-order valence-corrected chi connectivity index (χ0v) is 15.6. The molecule has 4 N–H and O–H groups in total. The number of amides is 3. The third-order valence-electron chi connectivity index (χ3n) is 3.66. The fourth-order valence-electron chi connectivity index (χ4n) is 2.32. The van der Waals surface area contributed by atoms with Crippen molar-refractivity contribution in [1.82, 2.24) is 16.0 Å². The maximum atomic E-state index is 12.1. The highest BCUT2D eigenvalue weighted by Crippen LogP contribution is 2.20. The van der Waals surface area contributed by atoms with Crippen LogP contribution in [-0.4, -0.2) is 42.1 Å². The van der Waals surface area contributed by atoms with E-state index in [0.29, 0.717) is 10.7 Å². The summed E-state index contributed by atoms with van der Waals surface area (Å²) in [6.45, 7) is 1.89. The van der Waals surface area contributed by atoms with Crippen molar-refractivity contribution < 1.29 is 14.4 Å². The van der Waals surface area contributed by atoms with E-state index in [1.54, 1.807) is 19.2 Å². The predicted octanol–water partition coefficient (Wildman–Crippen LogP) is 1.22. The van der Waals surface area contributed by atoms with Crippen LogP contribution < -0.4 is 21.3 Å². The molecule has 1 heterocycles. The number of halogens is 1. The van der Waals surface area contributed by atoms with E-state index in [4.69, 9.17) is 11.6 Å². The summed E-state index contributed by atoms with van der Waals surface area (Å²) >= 11 is 7.29. The van der Waals surface area contributed by atoms with E-state index in [1.807, 2.05) is 13.0 Å². The largest absolute Gasteiger partial charge is 0.359 e. The first kappa shape index (κ1) is 19.6. The number of thioether (sulfide) groups is 1. The highest BCUT2D eigenvalue weighted by molar-refractivity contribution is 8.00. The van der Waals surface area contributed by atoms with Crippen LogP contribution in [-0.2, 0) is 14.4 Å². The highest BCUT2D eigenvalue weighted by Gasteiger charge is 2.27. The smallest absolute Gasteiger partial charge is 0.234 e. The molecule has 0 spiro atoms. The van der Waals surface area contributed by atoms with E-state index in [9.17, 15) is 14.4 Å². The van der Waals surface area contributed by atoms with Gasteiger partial charge in [0.1, 0.15) is 5.50 Å². The molecule has 0 aromatic heterocycles. The summed E-state index contributed by atoms with van der Waals surface area (Å²) in [4.78, 5) is 35.3. The van der Waals surface area contributed by atoms with Crippen LogP contribution >= 0.6 is 23.4 Å². The Balaban J connectivity index is 1.82. The SMILES string of the molecule is CNC(=O)CC1CC(=O)NC(SCC(=O)Nc2ccc(C)c(Cl)c2)N1. The third-order valence-corrected chi connectivity index (χ3v) is 5.08. The fourth-order valence-corrected chi connectivity index (χ4v) is 3.39. The first-order valence-electron chi connectivity index (χ1n) is 7.81. The molecule has 0 aliphatic carbocycles. The normalized spacial score (nSPS) is 19.9. The summed E-state index contributed by atoms with van der Waals surface area (Å²) in [5.41, 5.74) is 1.15. The summed E-state index contributed by atoms with van der Waals surface area (Å²) in [6, 6.07) is 5.06. The maximum absolute atomic E-state index is 12.1. The molecule has 0 bridgehead atoms. The second-order valence-electron chi connectivity index (χ2n) is 5.72. The topological polar surface area (TPSA) is 99.3 Å². The summed E-state index contributed by atoms with van der Waals surface area (Å²) in [5, 5.41) is 11.8. The number of aryl methyl sites for hydroxylation is 1. The van der Waals surface area contributed by atoms with Crippen LogP contribution in [0.4, 0.5) is 5.69 Å². The van der Waals surface area contributed by atoms with E-state index in [1.165, 1.54) is 11.8 Å². The lowest BCUT2D eigenvalue weighted by atomic mass is 10.1. The highest BCUT2D eigenvalue weighted by atomic mass is 35.5. The first-order valence-corrected chi connectivity index (χ1v) is 9.23. The summed E-state index contributed by atoms with van der Waals surface area (Å²) in [6.07, 6.45) is 0.452. The molecule has 1 aliphatic heterocycles. The number of carbonyl (C=O) groups is 3. The Morgan fingerprint density at radius 3 is 2.80 bits per heavy atom. The number of nitrogens with one attached hydrogen (secondary N) is 4. The number of hydrogen-bond donors (Lipinski definition) is 4. The van der Waals surface area contributed by atoms with Gasteiger partial charge in [0.2, 0.25) is 17.7 Å². The minimum atomic E-state index is -0.414. The van der Waals surface area contributed by atoms with Gasteiger partial charge in [0.05, 0.1) is 5.75 Å². The molecule has 7 nitrogen and oxygen atoms in total. The average molecular weight is 385 g/mol. The van der Waals surface area contributed by atoms with Crippen LogP contribution in [0.3, 0.4) is 0 Å². The molecule has 2 rings (SSSR count). The minimum Gasteiger partial charge on any atom is -0.359 e. The Kier molecular flexibility index (Phi) is 7.10. The van der Waals surface area contributed by atoms with Crippen molar-refractivity contribution in [3.63, 3.8) is 0 Å².